The first-order valence-electron chi connectivity index (χ1n) is 6.47. The number of ether oxygens (including phenoxy) is 3. The topological polar surface area (TPSA) is 61.8 Å². The number of benzene rings is 1. The van der Waals surface area contributed by atoms with Crippen molar-refractivity contribution in [1.29, 1.82) is 0 Å². The molecule has 0 amide bonds. The van der Waals surface area contributed by atoms with Crippen molar-refractivity contribution in [1.82, 2.24) is 0 Å². The lowest BCUT2D eigenvalue weighted by Crippen LogP contribution is -2.26. The molecule has 0 radical (unpaired) electrons. The van der Waals surface area contributed by atoms with E-state index in [1.165, 1.54) is 0 Å². The lowest BCUT2D eigenvalue weighted by atomic mass is 10.1. The Balaban J connectivity index is 1.73. The van der Waals surface area contributed by atoms with Crippen molar-refractivity contribution in [2.45, 2.75) is 25.6 Å². The minimum Gasteiger partial charge on any atom is -0.488 e. The third-order valence-electron chi connectivity index (χ3n) is 3.27. The van der Waals surface area contributed by atoms with Crippen LogP contribution in [0.3, 0.4) is 0 Å². The van der Waals surface area contributed by atoms with E-state index in [0.29, 0.717) is 12.0 Å². The SMILES string of the molecule is C[C@@H]1C[C@@H](OC(=O)C2=Cc3ccccc3OC2)C(=O)O1. The van der Waals surface area contributed by atoms with E-state index < -0.39 is 18.0 Å². The van der Waals surface area contributed by atoms with E-state index in [4.69, 9.17) is 14.2 Å². The molecule has 1 fully saturated rings. The molecule has 0 aromatic heterocycles. The monoisotopic (exact) mass is 274 g/mol. The molecule has 0 bridgehead atoms. The highest BCUT2D eigenvalue weighted by Crippen LogP contribution is 2.27. The number of carbonyl (C=O) groups is 2. The van der Waals surface area contributed by atoms with Gasteiger partial charge < -0.3 is 14.2 Å². The molecule has 0 saturated carbocycles. The number of hydrogen-bond acceptors (Lipinski definition) is 5. The van der Waals surface area contributed by atoms with Crippen LogP contribution in [0.4, 0.5) is 0 Å². The summed E-state index contributed by atoms with van der Waals surface area (Å²) < 4.78 is 15.6. The minimum absolute atomic E-state index is 0.146. The smallest absolute Gasteiger partial charge is 0.347 e. The van der Waals surface area contributed by atoms with Gasteiger partial charge in [-0.15, -0.1) is 0 Å². The van der Waals surface area contributed by atoms with Crippen molar-refractivity contribution in [3.63, 3.8) is 0 Å². The zero-order chi connectivity index (χ0) is 14.1. The zero-order valence-corrected chi connectivity index (χ0v) is 11.0. The summed E-state index contributed by atoms with van der Waals surface area (Å²) in [4.78, 5) is 23.5. The summed E-state index contributed by atoms with van der Waals surface area (Å²) in [5.74, 6) is -0.280. The molecule has 3 rings (SSSR count). The van der Waals surface area contributed by atoms with Gasteiger partial charge in [-0.2, -0.15) is 0 Å². The maximum atomic E-state index is 12.0. The van der Waals surface area contributed by atoms with Crippen LogP contribution in [0.15, 0.2) is 29.8 Å². The summed E-state index contributed by atoms with van der Waals surface area (Å²) >= 11 is 0. The average Bonchev–Trinajstić information content (AvgIpc) is 2.76. The molecule has 1 aromatic carbocycles. The number of fused-ring (bicyclic) bond motifs is 1. The molecule has 1 aromatic rings. The van der Waals surface area contributed by atoms with Crippen molar-refractivity contribution in [2.75, 3.05) is 6.61 Å². The maximum Gasteiger partial charge on any atom is 0.347 e. The Labute approximate surface area is 116 Å². The van der Waals surface area contributed by atoms with Crippen LogP contribution < -0.4 is 4.74 Å². The molecule has 2 atom stereocenters. The Kier molecular flexibility index (Phi) is 3.18. The van der Waals surface area contributed by atoms with Crippen LogP contribution in [0, 0.1) is 0 Å². The van der Waals surface area contributed by atoms with Crippen molar-refractivity contribution < 1.29 is 23.8 Å². The first-order valence-corrected chi connectivity index (χ1v) is 6.47. The third-order valence-corrected chi connectivity index (χ3v) is 3.27. The Bertz CT molecular complexity index is 590. The number of rotatable bonds is 2. The molecule has 1 saturated heterocycles. The molecule has 0 spiro atoms. The van der Waals surface area contributed by atoms with Crippen LogP contribution >= 0.6 is 0 Å². The first-order chi connectivity index (χ1) is 9.63. The normalized spacial score (nSPS) is 24.2. The quantitative estimate of drug-likeness (QED) is 0.768. The minimum atomic E-state index is -0.810. The van der Waals surface area contributed by atoms with Crippen LogP contribution in [0.1, 0.15) is 18.9 Å². The third kappa shape index (κ3) is 2.39. The van der Waals surface area contributed by atoms with Gasteiger partial charge in [0.1, 0.15) is 18.5 Å². The number of hydrogen-bond donors (Lipinski definition) is 0. The van der Waals surface area contributed by atoms with E-state index in [1.807, 2.05) is 24.3 Å². The molecule has 0 unspecified atom stereocenters. The van der Waals surface area contributed by atoms with Crippen LogP contribution in [0.2, 0.25) is 0 Å². The Hall–Kier alpha value is -2.30. The van der Waals surface area contributed by atoms with Gasteiger partial charge in [-0.05, 0) is 19.1 Å². The van der Waals surface area contributed by atoms with Gasteiger partial charge in [-0.1, -0.05) is 18.2 Å². The van der Waals surface area contributed by atoms with Gasteiger partial charge >= 0.3 is 11.9 Å². The molecule has 5 heteroatoms. The van der Waals surface area contributed by atoms with E-state index in [1.54, 1.807) is 13.0 Å². The van der Waals surface area contributed by atoms with Crippen LogP contribution in [-0.4, -0.2) is 30.8 Å². The standard InChI is InChI=1S/C15H14O5/c1-9-6-13(15(17)19-9)20-14(16)11-7-10-4-2-3-5-12(10)18-8-11/h2-5,7,9,13H,6,8H2,1H3/t9-,13-/m1/s1. The maximum absolute atomic E-state index is 12.0. The number of para-hydroxylation sites is 1. The van der Waals surface area contributed by atoms with Gasteiger partial charge in [0.05, 0.1) is 5.57 Å². The summed E-state index contributed by atoms with van der Waals surface area (Å²) in [6.45, 7) is 1.91. The zero-order valence-electron chi connectivity index (χ0n) is 11.0. The van der Waals surface area contributed by atoms with Crippen LogP contribution in [0.25, 0.3) is 6.08 Å². The lowest BCUT2D eigenvalue weighted by molar-refractivity contribution is -0.158. The van der Waals surface area contributed by atoms with E-state index in [9.17, 15) is 9.59 Å². The summed E-state index contributed by atoms with van der Waals surface area (Å²) in [5, 5.41) is 0. The molecule has 2 aliphatic rings. The van der Waals surface area contributed by atoms with Gasteiger partial charge in [0.2, 0.25) is 6.10 Å². The second-order valence-electron chi connectivity index (χ2n) is 4.87. The predicted octanol–water partition coefficient (Wildman–Crippen LogP) is 1.71. The summed E-state index contributed by atoms with van der Waals surface area (Å²) in [6, 6.07) is 7.42. The fraction of sp³-hybridized carbons (Fsp3) is 0.333. The average molecular weight is 274 g/mol. The van der Waals surface area contributed by atoms with E-state index in [2.05, 4.69) is 0 Å². The summed E-state index contributed by atoms with van der Waals surface area (Å²) in [6.07, 6.45) is 1.10. The largest absolute Gasteiger partial charge is 0.488 e. The molecule has 104 valence electrons. The van der Waals surface area contributed by atoms with Gasteiger partial charge in [-0.3, -0.25) is 0 Å². The Morgan fingerprint density at radius 3 is 2.90 bits per heavy atom. The summed E-state index contributed by atoms with van der Waals surface area (Å²) in [5.41, 5.74) is 1.23. The highest BCUT2D eigenvalue weighted by atomic mass is 16.6. The van der Waals surface area contributed by atoms with Crippen molar-refractivity contribution in [3.05, 3.63) is 35.4 Å². The summed E-state index contributed by atoms with van der Waals surface area (Å²) in [7, 11) is 0. The van der Waals surface area contributed by atoms with Crippen molar-refractivity contribution >= 4 is 18.0 Å². The molecular formula is C15H14O5. The Morgan fingerprint density at radius 2 is 2.15 bits per heavy atom. The van der Waals surface area contributed by atoms with Gasteiger partial charge in [0.15, 0.2) is 0 Å². The lowest BCUT2D eigenvalue weighted by Gasteiger charge is -2.17. The Morgan fingerprint density at radius 1 is 1.35 bits per heavy atom. The van der Waals surface area contributed by atoms with Crippen LogP contribution in [-0.2, 0) is 19.1 Å². The fourth-order valence-electron chi connectivity index (χ4n) is 2.26. The van der Waals surface area contributed by atoms with Gasteiger partial charge in [-0.25, -0.2) is 9.59 Å². The van der Waals surface area contributed by atoms with Crippen LogP contribution in [0.5, 0.6) is 5.75 Å². The van der Waals surface area contributed by atoms with Gasteiger partial charge in [0, 0.05) is 12.0 Å². The number of esters is 2. The first kappa shape index (κ1) is 12.7. The fourth-order valence-corrected chi connectivity index (χ4v) is 2.26. The second-order valence-corrected chi connectivity index (χ2v) is 4.87. The van der Waals surface area contributed by atoms with E-state index >= 15 is 0 Å². The predicted molar refractivity (Wildman–Crippen MR) is 70.0 cm³/mol. The van der Waals surface area contributed by atoms with Gasteiger partial charge in [0.25, 0.3) is 0 Å². The second kappa shape index (κ2) is 5.00. The molecular weight excluding hydrogens is 260 g/mol. The van der Waals surface area contributed by atoms with Crippen molar-refractivity contribution in [2.24, 2.45) is 0 Å². The highest BCUT2D eigenvalue weighted by Gasteiger charge is 2.35. The number of cyclic esters (lactones) is 1. The molecule has 20 heavy (non-hydrogen) atoms. The van der Waals surface area contributed by atoms with Crippen molar-refractivity contribution in [3.8, 4) is 5.75 Å². The molecule has 5 nitrogen and oxygen atoms in total. The molecule has 0 N–H and O–H groups in total. The van der Waals surface area contributed by atoms with E-state index in [-0.39, 0.29) is 12.7 Å². The molecule has 0 aliphatic carbocycles. The molecule has 2 heterocycles. The highest BCUT2D eigenvalue weighted by molar-refractivity contribution is 5.96. The number of carbonyl (C=O) groups excluding carboxylic acids is 2. The molecule has 2 aliphatic heterocycles. The van der Waals surface area contributed by atoms with E-state index in [0.717, 1.165) is 11.3 Å².